The number of piperidine rings is 1. The van der Waals surface area contributed by atoms with E-state index in [4.69, 9.17) is 9.47 Å². The molecule has 1 N–H and O–H groups in total. The lowest BCUT2D eigenvalue weighted by atomic mass is 9.55. The Bertz CT molecular complexity index is 617. The predicted octanol–water partition coefficient (Wildman–Crippen LogP) is 3.74. The number of nitrogens with zero attached hydrogens (tertiary/aromatic N) is 1. The van der Waals surface area contributed by atoms with Crippen molar-refractivity contribution >= 4 is 0 Å². The number of hydrogen-bond donors (Lipinski definition) is 1. The first-order chi connectivity index (χ1) is 12.0. The van der Waals surface area contributed by atoms with Crippen molar-refractivity contribution in [1.29, 1.82) is 0 Å². The average Bonchev–Trinajstić information content (AvgIpc) is 2.64. The van der Waals surface area contributed by atoms with Crippen LogP contribution in [-0.2, 0) is 16.6 Å². The summed E-state index contributed by atoms with van der Waals surface area (Å²) in [5.74, 6) is 1.44. The van der Waals surface area contributed by atoms with Gasteiger partial charge in [-0.05, 0) is 70.2 Å². The summed E-state index contributed by atoms with van der Waals surface area (Å²) in [5, 5.41) is 11.1. The first-order valence-electron chi connectivity index (χ1n) is 9.60. The molecule has 0 amide bonds. The number of aryl methyl sites for hydroxylation is 1. The van der Waals surface area contributed by atoms with Crippen LogP contribution in [0.1, 0.15) is 50.7 Å². The number of methoxy groups -OCH3 is 2. The van der Waals surface area contributed by atoms with Gasteiger partial charge in [0, 0.05) is 24.1 Å². The second-order valence-corrected chi connectivity index (χ2v) is 7.87. The lowest BCUT2D eigenvalue weighted by Crippen LogP contribution is -2.57. The van der Waals surface area contributed by atoms with Gasteiger partial charge in [-0.25, -0.2) is 0 Å². The van der Waals surface area contributed by atoms with Crippen molar-refractivity contribution in [3.05, 3.63) is 23.3 Å². The van der Waals surface area contributed by atoms with Gasteiger partial charge >= 0.3 is 0 Å². The van der Waals surface area contributed by atoms with Gasteiger partial charge in [0.15, 0.2) is 11.5 Å². The van der Waals surface area contributed by atoms with Crippen molar-refractivity contribution in [2.75, 3.05) is 27.8 Å². The Morgan fingerprint density at radius 3 is 2.68 bits per heavy atom. The minimum Gasteiger partial charge on any atom is -0.504 e. The van der Waals surface area contributed by atoms with Crippen LogP contribution in [0.2, 0.25) is 0 Å². The number of likely N-dealkylation sites (tertiary alicyclic amines) is 1. The number of aromatic hydroxyl groups is 1. The fraction of sp³-hybridized carbons (Fsp3) is 0.714. The molecule has 1 aliphatic heterocycles. The molecule has 1 aromatic carbocycles. The molecule has 140 valence electrons. The smallest absolute Gasteiger partial charge is 0.161 e. The van der Waals surface area contributed by atoms with Crippen molar-refractivity contribution in [2.24, 2.45) is 5.92 Å². The SMILES string of the molecule is CCc1ccc(OC)c(O)c1C12CCC(OC)CC1C(C)N(C)CC2. The number of hydrogen-bond acceptors (Lipinski definition) is 4. The molecule has 4 unspecified atom stereocenters. The van der Waals surface area contributed by atoms with E-state index in [0.717, 1.165) is 44.2 Å². The zero-order chi connectivity index (χ0) is 18.2. The Morgan fingerprint density at radius 2 is 2.04 bits per heavy atom. The molecule has 1 saturated carbocycles. The lowest BCUT2D eigenvalue weighted by molar-refractivity contribution is -0.0416. The monoisotopic (exact) mass is 347 g/mol. The van der Waals surface area contributed by atoms with Crippen LogP contribution in [-0.4, -0.2) is 50.0 Å². The maximum atomic E-state index is 11.1. The standard InChI is InChI=1S/C21H33NO3/c1-6-15-7-8-18(25-5)20(23)19(15)21-10-9-16(24-4)13-17(21)14(2)22(3)12-11-21/h7-8,14,16-17,23H,6,9-13H2,1-5H3. The van der Waals surface area contributed by atoms with Gasteiger partial charge in [0.2, 0.25) is 0 Å². The number of ether oxygens (including phenoxy) is 2. The molecule has 25 heavy (non-hydrogen) atoms. The third kappa shape index (κ3) is 2.93. The topological polar surface area (TPSA) is 41.9 Å². The normalized spacial score (nSPS) is 33.1. The van der Waals surface area contributed by atoms with Crippen LogP contribution >= 0.6 is 0 Å². The average molecular weight is 347 g/mol. The van der Waals surface area contributed by atoms with E-state index in [0.29, 0.717) is 29.6 Å². The summed E-state index contributed by atoms with van der Waals surface area (Å²) in [4.78, 5) is 2.46. The highest BCUT2D eigenvalue weighted by atomic mass is 16.5. The summed E-state index contributed by atoms with van der Waals surface area (Å²) in [6.45, 7) is 5.57. The second kappa shape index (κ2) is 7.16. The lowest BCUT2D eigenvalue weighted by Gasteiger charge is -2.55. The van der Waals surface area contributed by atoms with E-state index < -0.39 is 0 Å². The summed E-state index contributed by atoms with van der Waals surface area (Å²) in [7, 11) is 5.69. The quantitative estimate of drug-likeness (QED) is 0.901. The minimum absolute atomic E-state index is 0.0188. The molecule has 0 bridgehead atoms. The largest absolute Gasteiger partial charge is 0.504 e. The zero-order valence-electron chi connectivity index (χ0n) is 16.3. The molecule has 1 aromatic rings. The van der Waals surface area contributed by atoms with Crippen molar-refractivity contribution in [2.45, 2.75) is 63.5 Å². The first kappa shape index (κ1) is 18.5. The van der Waals surface area contributed by atoms with Crippen molar-refractivity contribution in [3.63, 3.8) is 0 Å². The van der Waals surface area contributed by atoms with Gasteiger partial charge in [-0.2, -0.15) is 0 Å². The molecule has 1 heterocycles. The van der Waals surface area contributed by atoms with Crippen LogP contribution in [0.4, 0.5) is 0 Å². The van der Waals surface area contributed by atoms with Gasteiger partial charge in [0.1, 0.15) is 0 Å². The van der Waals surface area contributed by atoms with Gasteiger partial charge in [-0.1, -0.05) is 13.0 Å². The van der Waals surface area contributed by atoms with Gasteiger partial charge in [-0.15, -0.1) is 0 Å². The summed E-state index contributed by atoms with van der Waals surface area (Å²) < 4.78 is 11.2. The van der Waals surface area contributed by atoms with Crippen LogP contribution in [0, 0.1) is 5.92 Å². The highest BCUT2D eigenvalue weighted by Gasteiger charge is 2.52. The molecule has 0 spiro atoms. The molecule has 0 aromatic heterocycles. The van der Waals surface area contributed by atoms with Crippen LogP contribution in [0.25, 0.3) is 0 Å². The van der Waals surface area contributed by atoms with E-state index in [2.05, 4.69) is 31.9 Å². The van der Waals surface area contributed by atoms with Crippen molar-refractivity contribution < 1.29 is 14.6 Å². The Hall–Kier alpha value is -1.26. The third-order valence-corrected chi connectivity index (χ3v) is 6.99. The molecular formula is C21H33NO3. The number of phenols is 1. The first-order valence-corrected chi connectivity index (χ1v) is 9.60. The molecule has 4 nitrogen and oxygen atoms in total. The molecular weight excluding hydrogens is 314 g/mol. The minimum atomic E-state index is 0.0188. The van der Waals surface area contributed by atoms with E-state index in [-0.39, 0.29) is 5.41 Å². The van der Waals surface area contributed by atoms with Crippen LogP contribution in [0.15, 0.2) is 12.1 Å². The molecule has 2 aliphatic rings. The molecule has 1 saturated heterocycles. The summed E-state index contributed by atoms with van der Waals surface area (Å²) in [6.07, 6.45) is 5.53. The number of rotatable bonds is 4. The second-order valence-electron chi connectivity index (χ2n) is 7.87. The molecule has 0 radical (unpaired) electrons. The molecule has 4 atom stereocenters. The maximum Gasteiger partial charge on any atom is 0.161 e. The Labute approximate surface area is 152 Å². The highest BCUT2D eigenvalue weighted by molar-refractivity contribution is 5.54. The Morgan fingerprint density at radius 1 is 1.28 bits per heavy atom. The van der Waals surface area contributed by atoms with E-state index in [1.807, 2.05) is 13.2 Å². The van der Waals surface area contributed by atoms with Crippen LogP contribution in [0.5, 0.6) is 11.5 Å². The summed E-state index contributed by atoms with van der Waals surface area (Å²) in [5.41, 5.74) is 2.43. The summed E-state index contributed by atoms with van der Waals surface area (Å²) >= 11 is 0. The number of fused-ring (bicyclic) bond motifs is 1. The van der Waals surface area contributed by atoms with Crippen LogP contribution < -0.4 is 4.74 Å². The van der Waals surface area contributed by atoms with E-state index in [9.17, 15) is 5.11 Å². The van der Waals surface area contributed by atoms with Crippen LogP contribution in [0.3, 0.4) is 0 Å². The molecule has 2 fully saturated rings. The highest BCUT2D eigenvalue weighted by Crippen LogP contribution is 2.55. The third-order valence-electron chi connectivity index (χ3n) is 6.99. The Balaban J connectivity index is 2.15. The van der Waals surface area contributed by atoms with Gasteiger partial charge in [0.05, 0.1) is 13.2 Å². The molecule has 4 heteroatoms. The number of benzene rings is 1. The number of phenolic OH excluding ortho intramolecular Hbond substituents is 1. The van der Waals surface area contributed by atoms with Crippen molar-refractivity contribution in [1.82, 2.24) is 4.90 Å². The molecule has 3 rings (SSSR count). The van der Waals surface area contributed by atoms with Gasteiger partial charge in [-0.3, -0.25) is 0 Å². The molecule has 1 aliphatic carbocycles. The van der Waals surface area contributed by atoms with E-state index >= 15 is 0 Å². The fourth-order valence-electron chi connectivity index (χ4n) is 5.36. The maximum absolute atomic E-state index is 11.1. The van der Waals surface area contributed by atoms with Crippen molar-refractivity contribution in [3.8, 4) is 11.5 Å². The zero-order valence-corrected chi connectivity index (χ0v) is 16.3. The van der Waals surface area contributed by atoms with E-state index in [1.165, 1.54) is 5.56 Å². The fourth-order valence-corrected chi connectivity index (χ4v) is 5.36. The predicted molar refractivity (Wildman–Crippen MR) is 101 cm³/mol. The summed E-state index contributed by atoms with van der Waals surface area (Å²) in [6, 6.07) is 4.52. The Kier molecular flexibility index (Phi) is 5.31. The van der Waals surface area contributed by atoms with E-state index in [1.54, 1.807) is 7.11 Å². The van der Waals surface area contributed by atoms with Gasteiger partial charge in [0.25, 0.3) is 0 Å². The van der Waals surface area contributed by atoms with Gasteiger partial charge < -0.3 is 19.5 Å².